The van der Waals surface area contributed by atoms with Crippen molar-refractivity contribution in [3.05, 3.63) is 54.4 Å². The van der Waals surface area contributed by atoms with E-state index in [0.717, 1.165) is 24.8 Å². The molecule has 0 spiro atoms. The van der Waals surface area contributed by atoms with Crippen LogP contribution in [-0.2, 0) is 21.2 Å². The number of carbonyl (C=O) groups is 1. The normalized spacial score (nSPS) is 14.5. The predicted octanol–water partition coefficient (Wildman–Crippen LogP) is 4.27. The third-order valence-electron chi connectivity index (χ3n) is 5.77. The molecule has 2 aromatic carbocycles. The third kappa shape index (κ3) is 6.26. The van der Waals surface area contributed by atoms with E-state index in [1.807, 2.05) is 37.3 Å². The molecule has 35 heavy (non-hydrogen) atoms. The number of amides is 1. The number of piperidine rings is 1. The Hall–Kier alpha value is -3.24. The summed E-state index contributed by atoms with van der Waals surface area (Å²) in [4.78, 5) is 17.2. The average molecular weight is 499 g/mol. The van der Waals surface area contributed by atoms with Crippen LogP contribution in [0.1, 0.15) is 44.9 Å². The molecule has 0 saturated carbocycles. The van der Waals surface area contributed by atoms with Crippen LogP contribution in [0.25, 0.3) is 11.4 Å². The number of benzene rings is 2. The zero-order chi connectivity index (χ0) is 24.7. The van der Waals surface area contributed by atoms with Gasteiger partial charge in [0.05, 0.1) is 17.2 Å². The molecule has 0 atom stereocenters. The smallest absolute Gasteiger partial charge is 0.243 e. The molecule has 2 heterocycles. The van der Waals surface area contributed by atoms with Crippen LogP contribution < -0.4 is 10.1 Å². The van der Waals surface area contributed by atoms with Crippen molar-refractivity contribution < 1.29 is 22.5 Å². The van der Waals surface area contributed by atoms with Crippen molar-refractivity contribution >= 4 is 21.6 Å². The summed E-state index contributed by atoms with van der Waals surface area (Å²) >= 11 is 0. The van der Waals surface area contributed by atoms with Gasteiger partial charge in [-0.15, -0.1) is 0 Å². The lowest BCUT2D eigenvalue weighted by Gasteiger charge is -2.26. The Morgan fingerprint density at radius 3 is 2.63 bits per heavy atom. The Morgan fingerprint density at radius 2 is 1.89 bits per heavy atom. The molecule has 0 bridgehead atoms. The molecule has 1 N–H and O–H groups in total. The van der Waals surface area contributed by atoms with E-state index in [-0.39, 0.29) is 17.2 Å². The number of carbonyl (C=O) groups excluding carboxylic acids is 1. The topological polar surface area (TPSA) is 115 Å². The molecular weight excluding hydrogens is 468 g/mol. The van der Waals surface area contributed by atoms with Crippen LogP contribution in [0.5, 0.6) is 5.75 Å². The van der Waals surface area contributed by atoms with Crippen LogP contribution in [0.15, 0.2) is 57.9 Å². The summed E-state index contributed by atoms with van der Waals surface area (Å²) in [6.07, 6.45) is 3.90. The van der Waals surface area contributed by atoms with Gasteiger partial charge < -0.3 is 14.6 Å². The van der Waals surface area contributed by atoms with Gasteiger partial charge in [0.2, 0.25) is 27.6 Å². The number of hydrogen-bond acceptors (Lipinski definition) is 7. The Kier molecular flexibility index (Phi) is 8.14. The van der Waals surface area contributed by atoms with Gasteiger partial charge >= 0.3 is 0 Å². The molecule has 1 aliphatic rings. The lowest BCUT2D eigenvalue weighted by atomic mass is 10.2. The molecule has 10 heteroatoms. The van der Waals surface area contributed by atoms with E-state index in [0.29, 0.717) is 55.7 Å². The van der Waals surface area contributed by atoms with E-state index in [1.54, 1.807) is 6.07 Å². The quantitative estimate of drug-likeness (QED) is 0.444. The maximum absolute atomic E-state index is 13.1. The van der Waals surface area contributed by atoms with E-state index < -0.39 is 10.0 Å². The maximum atomic E-state index is 13.1. The lowest BCUT2D eigenvalue weighted by Crippen LogP contribution is -2.35. The number of hydrogen-bond donors (Lipinski definition) is 1. The first-order valence-corrected chi connectivity index (χ1v) is 13.4. The summed E-state index contributed by atoms with van der Waals surface area (Å²) in [5, 5.41) is 6.81. The van der Waals surface area contributed by atoms with Gasteiger partial charge in [-0.05, 0) is 44.4 Å². The summed E-state index contributed by atoms with van der Waals surface area (Å²) in [6, 6.07) is 14.1. The summed E-state index contributed by atoms with van der Waals surface area (Å²) < 4.78 is 38.6. The summed E-state index contributed by atoms with van der Waals surface area (Å²) in [5.41, 5.74) is 1.21. The van der Waals surface area contributed by atoms with Crippen molar-refractivity contribution in [3.8, 4) is 17.1 Å². The van der Waals surface area contributed by atoms with Gasteiger partial charge in [0.15, 0.2) is 0 Å². The molecule has 1 fully saturated rings. The number of anilines is 1. The van der Waals surface area contributed by atoms with Crippen molar-refractivity contribution in [1.29, 1.82) is 0 Å². The van der Waals surface area contributed by atoms with Gasteiger partial charge in [0, 0.05) is 31.5 Å². The van der Waals surface area contributed by atoms with E-state index in [1.165, 1.54) is 16.4 Å². The zero-order valence-corrected chi connectivity index (χ0v) is 20.6. The highest BCUT2D eigenvalue weighted by Crippen LogP contribution is 2.30. The number of ether oxygens (including phenoxy) is 1. The molecular formula is C25H30N4O5S. The van der Waals surface area contributed by atoms with Crippen LogP contribution in [-0.4, -0.2) is 48.5 Å². The Bertz CT molecular complexity index is 1240. The molecule has 9 nitrogen and oxygen atoms in total. The average Bonchev–Trinajstić information content (AvgIpc) is 3.35. The van der Waals surface area contributed by atoms with Crippen LogP contribution in [0, 0.1) is 0 Å². The zero-order valence-electron chi connectivity index (χ0n) is 19.8. The summed E-state index contributed by atoms with van der Waals surface area (Å²) in [5.74, 6) is 1.16. The number of nitrogens with one attached hydrogen (secondary N) is 1. The molecule has 1 aromatic heterocycles. The van der Waals surface area contributed by atoms with Gasteiger partial charge in [0.25, 0.3) is 0 Å². The SMILES string of the molecule is CCOc1ccc(S(=O)(=O)N2CCCCC2)cc1NC(=O)CCCc1nc(-c2ccccc2)no1. The second kappa shape index (κ2) is 11.5. The van der Waals surface area contributed by atoms with E-state index >= 15 is 0 Å². The van der Waals surface area contributed by atoms with Gasteiger partial charge in [0.1, 0.15) is 5.75 Å². The monoisotopic (exact) mass is 498 g/mol. The van der Waals surface area contributed by atoms with Crippen molar-refractivity contribution in [2.24, 2.45) is 0 Å². The van der Waals surface area contributed by atoms with Gasteiger partial charge in [-0.3, -0.25) is 4.79 Å². The molecule has 0 aliphatic carbocycles. The third-order valence-corrected chi connectivity index (χ3v) is 7.67. The van der Waals surface area contributed by atoms with Gasteiger partial charge in [-0.1, -0.05) is 41.9 Å². The molecule has 0 unspecified atom stereocenters. The molecule has 3 aromatic rings. The number of nitrogens with zero attached hydrogens (tertiary/aromatic N) is 3. The minimum absolute atomic E-state index is 0.150. The fraction of sp³-hybridized carbons (Fsp3) is 0.400. The fourth-order valence-electron chi connectivity index (χ4n) is 3.98. The second-order valence-electron chi connectivity index (χ2n) is 8.34. The van der Waals surface area contributed by atoms with Crippen LogP contribution in [0.4, 0.5) is 5.69 Å². The Labute approximate surface area is 205 Å². The lowest BCUT2D eigenvalue weighted by molar-refractivity contribution is -0.116. The van der Waals surface area contributed by atoms with Crippen molar-refractivity contribution in [2.75, 3.05) is 25.0 Å². The van der Waals surface area contributed by atoms with Crippen LogP contribution in [0.3, 0.4) is 0 Å². The highest BCUT2D eigenvalue weighted by atomic mass is 32.2. The Balaban J connectivity index is 1.38. The first-order valence-electron chi connectivity index (χ1n) is 11.9. The van der Waals surface area contributed by atoms with E-state index in [9.17, 15) is 13.2 Å². The highest BCUT2D eigenvalue weighted by Gasteiger charge is 2.27. The summed E-state index contributed by atoms with van der Waals surface area (Å²) in [7, 11) is -3.63. The molecule has 1 saturated heterocycles. The van der Waals surface area contributed by atoms with Gasteiger partial charge in [-0.2, -0.15) is 9.29 Å². The van der Waals surface area contributed by atoms with E-state index in [2.05, 4.69) is 15.5 Å². The first-order chi connectivity index (χ1) is 17.0. The maximum Gasteiger partial charge on any atom is 0.243 e. The molecule has 1 aliphatic heterocycles. The minimum atomic E-state index is -3.63. The number of aromatic nitrogens is 2. The summed E-state index contributed by atoms with van der Waals surface area (Å²) in [6.45, 7) is 3.25. The first kappa shape index (κ1) is 24.9. The molecule has 186 valence electrons. The van der Waals surface area contributed by atoms with Gasteiger partial charge in [-0.25, -0.2) is 8.42 Å². The van der Waals surface area contributed by atoms with Crippen molar-refractivity contribution in [3.63, 3.8) is 0 Å². The van der Waals surface area contributed by atoms with Crippen LogP contribution >= 0.6 is 0 Å². The van der Waals surface area contributed by atoms with Crippen LogP contribution in [0.2, 0.25) is 0 Å². The minimum Gasteiger partial charge on any atom is -0.492 e. The number of sulfonamides is 1. The second-order valence-corrected chi connectivity index (χ2v) is 10.3. The molecule has 4 rings (SSSR count). The molecule has 0 radical (unpaired) electrons. The van der Waals surface area contributed by atoms with E-state index in [4.69, 9.17) is 9.26 Å². The fourth-order valence-corrected chi connectivity index (χ4v) is 5.52. The predicted molar refractivity (Wildman–Crippen MR) is 132 cm³/mol. The number of aryl methyl sites for hydroxylation is 1. The largest absolute Gasteiger partial charge is 0.492 e. The Morgan fingerprint density at radius 1 is 1.11 bits per heavy atom. The highest BCUT2D eigenvalue weighted by molar-refractivity contribution is 7.89. The molecule has 1 amide bonds. The standard InChI is InChI=1S/C25H30N4O5S/c1-2-33-22-15-14-20(35(31,32)29-16-7-4-8-17-29)18-21(22)26-23(30)12-9-13-24-27-25(28-34-24)19-10-5-3-6-11-19/h3,5-6,10-11,14-15,18H,2,4,7-9,12-13,16-17H2,1H3,(H,26,30). The number of rotatable bonds is 10. The van der Waals surface area contributed by atoms with Crippen molar-refractivity contribution in [2.45, 2.75) is 50.3 Å². The van der Waals surface area contributed by atoms with Crippen molar-refractivity contribution in [1.82, 2.24) is 14.4 Å².